The van der Waals surface area contributed by atoms with Crippen molar-refractivity contribution in [2.45, 2.75) is 6.54 Å². The highest BCUT2D eigenvalue weighted by atomic mass is 79.9. The van der Waals surface area contributed by atoms with Crippen LogP contribution in [0.5, 0.6) is 0 Å². The standard InChI is InChI=1S/C9H9BrFN5/c1-16-9(13-14-15-16)12-5-6-4-7(10)2-3-8(6)11/h2-4H,5H2,1H3,(H,12,13,15). The number of tetrazole rings is 1. The van der Waals surface area contributed by atoms with Crippen LogP contribution >= 0.6 is 15.9 Å². The first kappa shape index (κ1) is 11.0. The molecule has 1 N–H and O–H groups in total. The SMILES string of the molecule is Cn1nnnc1NCc1cc(Br)ccc1F. The van der Waals surface area contributed by atoms with Gasteiger partial charge in [0.05, 0.1) is 0 Å². The van der Waals surface area contributed by atoms with E-state index < -0.39 is 0 Å². The van der Waals surface area contributed by atoms with Gasteiger partial charge in [0.15, 0.2) is 0 Å². The third kappa shape index (κ3) is 2.35. The summed E-state index contributed by atoms with van der Waals surface area (Å²) < 4.78 is 15.7. The predicted molar refractivity (Wildman–Crippen MR) is 60.2 cm³/mol. The van der Waals surface area contributed by atoms with E-state index in [2.05, 4.69) is 36.8 Å². The molecule has 0 saturated heterocycles. The highest BCUT2D eigenvalue weighted by Gasteiger charge is 2.05. The molecule has 0 aliphatic heterocycles. The molecule has 1 aromatic heterocycles. The van der Waals surface area contributed by atoms with E-state index in [0.717, 1.165) is 4.47 Å². The lowest BCUT2D eigenvalue weighted by molar-refractivity contribution is 0.611. The summed E-state index contributed by atoms with van der Waals surface area (Å²) in [6.07, 6.45) is 0. The summed E-state index contributed by atoms with van der Waals surface area (Å²) in [5.41, 5.74) is 0.553. The molecule has 84 valence electrons. The van der Waals surface area contributed by atoms with Crippen molar-refractivity contribution < 1.29 is 4.39 Å². The van der Waals surface area contributed by atoms with Gasteiger partial charge >= 0.3 is 0 Å². The molecule has 0 radical (unpaired) electrons. The number of nitrogens with one attached hydrogen (secondary N) is 1. The van der Waals surface area contributed by atoms with Gasteiger partial charge in [0.2, 0.25) is 5.95 Å². The Morgan fingerprint density at radius 2 is 2.31 bits per heavy atom. The number of hydrogen-bond acceptors (Lipinski definition) is 4. The number of halogens is 2. The van der Waals surface area contributed by atoms with Gasteiger partial charge in [0.25, 0.3) is 0 Å². The predicted octanol–water partition coefficient (Wildman–Crippen LogP) is 1.72. The van der Waals surface area contributed by atoms with Crippen LogP contribution in [0.1, 0.15) is 5.56 Å². The first-order chi connectivity index (χ1) is 7.66. The maximum absolute atomic E-state index is 13.4. The van der Waals surface area contributed by atoms with Gasteiger partial charge in [-0.15, -0.1) is 0 Å². The summed E-state index contributed by atoms with van der Waals surface area (Å²) in [5.74, 6) is 0.241. The van der Waals surface area contributed by atoms with E-state index in [1.54, 1.807) is 19.2 Å². The first-order valence-electron chi connectivity index (χ1n) is 4.57. The lowest BCUT2D eigenvalue weighted by Gasteiger charge is -2.05. The van der Waals surface area contributed by atoms with Gasteiger partial charge in [0, 0.05) is 23.6 Å². The normalized spacial score (nSPS) is 10.4. The summed E-state index contributed by atoms with van der Waals surface area (Å²) in [7, 11) is 1.71. The van der Waals surface area contributed by atoms with Crippen molar-refractivity contribution >= 4 is 21.9 Å². The van der Waals surface area contributed by atoms with Crippen molar-refractivity contribution in [3.05, 3.63) is 34.1 Å². The molecular weight excluding hydrogens is 277 g/mol. The molecule has 0 atom stereocenters. The Balaban J connectivity index is 2.10. The van der Waals surface area contributed by atoms with Crippen molar-refractivity contribution in [1.29, 1.82) is 0 Å². The van der Waals surface area contributed by atoms with Crippen LogP contribution in [0.4, 0.5) is 10.3 Å². The van der Waals surface area contributed by atoms with Crippen molar-refractivity contribution in [3.8, 4) is 0 Å². The largest absolute Gasteiger partial charge is 0.349 e. The minimum atomic E-state index is -0.258. The molecule has 1 heterocycles. The van der Waals surface area contributed by atoms with Gasteiger partial charge in [-0.05, 0) is 28.6 Å². The van der Waals surface area contributed by atoms with Crippen LogP contribution in [0.25, 0.3) is 0 Å². The van der Waals surface area contributed by atoms with Crippen LogP contribution in [-0.4, -0.2) is 20.2 Å². The minimum Gasteiger partial charge on any atom is -0.349 e. The number of hydrogen-bond donors (Lipinski definition) is 1. The summed E-state index contributed by atoms with van der Waals surface area (Å²) in [5, 5.41) is 13.8. The second-order valence-corrected chi connectivity index (χ2v) is 4.13. The Hall–Kier alpha value is -1.50. The second kappa shape index (κ2) is 4.56. The van der Waals surface area contributed by atoms with E-state index in [9.17, 15) is 4.39 Å². The number of aryl methyl sites for hydroxylation is 1. The van der Waals surface area contributed by atoms with Gasteiger partial charge in [-0.3, -0.25) is 0 Å². The average Bonchev–Trinajstić information content (AvgIpc) is 2.66. The van der Waals surface area contributed by atoms with Gasteiger partial charge in [-0.25, -0.2) is 9.07 Å². The van der Waals surface area contributed by atoms with Crippen LogP contribution in [0.3, 0.4) is 0 Å². The first-order valence-corrected chi connectivity index (χ1v) is 5.36. The molecule has 0 fully saturated rings. The molecule has 0 bridgehead atoms. The van der Waals surface area contributed by atoms with E-state index in [-0.39, 0.29) is 5.82 Å². The molecule has 0 aliphatic rings. The van der Waals surface area contributed by atoms with E-state index in [4.69, 9.17) is 0 Å². The van der Waals surface area contributed by atoms with Crippen LogP contribution in [0.15, 0.2) is 22.7 Å². The number of nitrogens with zero attached hydrogens (tertiary/aromatic N) is 4. The molecular formula is C9H9BrFN5. The second-order valence-electron chi connectivity index (χ2n) is 3.22. The third-order valence-corrected chi connectivity index (χ3v) is 2.56. The molecule has 0 aliphatic carbocycles. The molecule has 2 aromatic rings. The van der Waals surface area contributed by atoms with E-state index in [0.29, 0.717) is 18.1 Å². The molecule has 0 saturated carbocycles. The zero-order valence-electron chi connectivity index (χ0n) is 8.48. The third-order valence-electron chi connectivity index (χ3n) is 2.06. The van der Waals surface area contributed by atoms with E-state index in [1.807, 2.05) is 0 Å². The summed E-state index contributed by atoms with van der Waals surface area (Å²) >= 11 is 3.29. The summed E-state index contributed by atoms with van der Waals surface area (Å²) in [4.78, 5) is 0. The highest BCUT2D eigenvalue weighted by molar-refractivity contribution is 9.10. The van der Waals surface area contributed by atoms with E-state index >= 15 is 0 Å². The molecule has 1 aromatic carbocycles. The Bertz CT molecular complexity index is 498. The number of benzene rings is 1. The smallest absolute Gasteiger partial charge is 0.242 e. The lowest BCUT2D eigenvalue weighted by Crippen LogP contribution is -2.07. The summed E-state index contributed by atoms with van der Waals surface area (Å²) in [6, 6.07) is 4.78. The highest BCUT2D eigenvalue weighted by Crippen LogP contribution is 2.16. The quantitative estimate of drug-likeness (QED) is 0.933. The van der Waals surface area contributed by atoms with Crippen molar-refractivity contribution in [3.63, 3.8) is 0 Å². The van der Waals surface area contributed by atoms with Crippen LogP contribution in [0.2, 0.25) is 0 Å². The van der Waals surface area contributed by atoms with Crippen LogP contribution in [0, 0.1) is 5.82 Å². The van der Waals surface area contributed by atoms with E-state index in [1.165, 1.54) is 10.7 Å². The lowest BCUT2D eigenvalue weighted by atomic mass is 10.2. The number of anilines is 1. The van der Waals surface area contributed by atoms with Crippen molar-refractivity contribution in [2.75, 3.05) is 5.32 Å². The molecule has 0 amide bonds. The number of aromatic nitrogens is 4. The molecule has 2 rings (SSSR count). The van der Waals surface area contributed by atoms with Crippen LogP contribution < -0.4 is 5.32 Å². The monoisotopic (exact) mass is 285 g/mol. The maximum Gasteiger partial charge on any atom is 0.242 e. The fraction of sp³-hybridized carbons (Fsp3) is 0.222. The van der Waals surface area contributed by atoms with Crippen molar-refractivity contribution in [2.24, 2.45) is 7.05 Å². The molecule has 0 spiro atoms. The fourth-order valence-corrected chi connectivity index (χ4v) is 1.64. The average molecular weight is 286 g/mol. The molecule has 0 unspecified atom stereocenters. The van der Waals surface area contributed by atoms with Crippen LogP contribution in [-0.2, 0) is 13.6 Å². The van der Waals surface area contributed by atoms with Crippen molar-refractivity contribution in [1.82, 2.24) is 20.2 Å². The minimum absolute atomic E-state index is 0.258. The fourth-order valence-electron chi connectivity index (χ4n) is 1.23. The van der Waals surface area contributed by atoms with Gasteiger partial charge in [0.1, 0.15) is 5.82 Å². The Kier molecular flexibility index (Phi) is 3.14. The maximum atomic E-state index is 13.4. The Labute approximate surface area is 99.8 Å². The van der Waals surface area contributed by atoms with Gasteiger partial charge < -0.3 is 5.32 Å². The topological polar surface area (TPSA) is 55.6 Å². The molecule has 7 heteroatoms. The number of rotatable bonds is 3. The van der Waals surface area contributed by atoms with Gasteiger partial charge in [-0.2, -0.15) is 0 Å². The Morgan fingerprint density at radius 1 is 1.50 bits per heavy atom. The Morgan fingerprint density at radius 3 is 3.00 bits per heavy atom. The zero-order valence-corrected chi connectivity index (χ0v) is 10.1. The van der Waals surface area contributed by atoms with Gasteiger partial charge in [-0.1, -0.05) is 21.0 Å². The molecule has 16 heavy (non-hydrogen) atoms. The summed E-state index contributed by atoms with van der Waals surface area (Å²) in [6.45, 7) is 0.333. The zero-order chi connectivity index (χ0) is 11.5. The molecule has 5 nitrogen and oxygen atoms in total.